The van der Waals surface area contributed by atoms with E-state index >= 15 is 0 Å². The molecule has 2 fully saturated rings. The largest absolute Gasteiger partial charge is 0.481 e. The van der Waals surface area contributed by atoms with Gasteiger partial charge in [-0.2, -0.15) is 12.7 Å². The molecule has 0 spiro atoms. The van der Waals surface area contributed by atoms with Crippen LogP contribution in [0.3, 0.4) is 0 Å². The molecule has 0 bridgehead atoms. The lowest BCUT2D eigenvalue weighted by Crippen LogP contribution is -2.55. The Kier molecular flexibility index (Phi) is 13.1. The van der Waals surface area contributed by atoms with E-state index in [-0.39, 0.29) is 32.7 Å². The topological polar surface area (TPSA) is 205 Å². The van der Waals surface area contributed by atoms with Gasteiger partial charge in [-0.05, 0) is 70.2 Å². The molecule has 19 heteroatoms. The van der Waals surface area contributed by atoms with Crippen LogP contribution < -0.4 is 9.04 Å². The van der Waals surface area contributed by atoms with Crippen LogP contribution in [0.1, 0.15) is 43.6 Å². The molecule has 2 saturated heterocycles. The van der Waals surface area contributed by atoms with Gasteiger partial charge in [0, 0.05) is 76.1 Å². The summed E-state index contributed by atoms with van der Waals surface area (Å²) in [7, 11) is 0.576. The van der Waals surface area contributed by atoms with Crippen molar-refractivity contribution in [2.45, 2.75) is 50.3 Å². The number of imidazole rings is 1. The average Bonchev–Trinajstić information content (AvgIpc) is 3.57. The number of halogens is 1. The van der Waals surface area contributed by atoms with E-state index in [0.717, 1.165) is 39.8 Å². The maximum absolute atomic E-state index is 14.8. The number of amides is 2. The Morgan fingerprint density at radius 2 is 1.57 bits per heavy atom. The molecular formula is C34H44ClN7O10S. The van der Waals surface area contributed by atoms with Crippen molar-refractivity contribution in [1.29, 1.82) is 0 Å². The van der Waals surface area contributed by atoms with Gasteiger partial charge in [-0.1, -0.05) is 11.6 Å². The number of aromatic nitrogens is 3. The number of carbonyl (C=O) groups excluding carboxylic acids is 2. The molecule has 53 heavy (non-hydrogen) atoms. The highest BCUT2D eigenvalue weighted by Crippen LogP contribution is 2.51. The second kappa shape index (κ2) is 16.9. The van der Waals surface area contributed by atoms with E-state index in [1.54, 1.807) is 29.5 Å². The number of carboxylic acid groups (broad SMARTS) is 2. The molecule has 2 amide bonds. The van der Waals surface area contributed by atoms with Crippen molar-refractivity contribution in [2.24, 2.45) is 7.05 Å². The number of hydrogen-bond acceptors (Lipinski definition) is 12. The zero-order valence-electron chi connectivity index (χ0n) is 30.4. The molecule has 0 radical (unpaired) electrons. The minimum Gasteiger partial charge on any atom is -0.481 e. The maximum atomic E-state index is 14.8. The van der Waals surface area contributed by atoms with E-state index in [1.165, 1.54) is 43.8 Å². The molecule has 288 valence electrons. The minimum atomic E-state index is -4.57. The molecule has 6 rings (SSSR count). The fraction of sp³-hybridized carbons (Fsp3) is 0.471. The lowest BCUT2D eigenvalue weighted by atomic mass is 9.87. The molecule has 2 N–H and O–H groups in total. The highest BCUT2D eigenvalue weighted by Gasteiger charge is 2.61. The number of ether oxygens (including phenoxy) is 2. The highest BCUT2D eigenvalue weighted by atomic mass is 35.5. The fourth-order valence-electron chi connectivity index (χ4n) is 6.38. The van der Waals surface area contributed by atoms with Crippen LogP contribution >= 0.6 is 11.6 Å². The van der Waals surface area contributed by atoms with Gasteiger partial charge in [0.25, 0.3) is 33.5 Å². The molecule has 0 aliphatic carbocycles. The van der Waals surface area contributed by atoms with Crippen LogP contribution in [0.2, 0.25) is 5.02 Å². The summed E-state index contributed by atoms with van der Waals surface area (Å²) < 4.78 is 42.2. The molecule has 3 aliphatic heterocycles. The second-order valence-electron chi connectivity index (χ2n) is 12.7. The Morgan fingerprint density at radius 1 is 0.962 bits per heavy atom. The first-order valence-electron chi connectivity index (χ1n) is 16.6. The number of aliphatic carboxylic acids is 2. The fourth-order valence-corrected chi connectivity index (χ4v) is 8.04. The van der Waals surface area contributed by atoms with Crippen molar-refractivity contribution >= 4 is 51.3 Å². The number of piperazine rings is 1. The van der Waals surface area contributed by atoms with Gasteiger partial charge >= 0.3 is 6.09 Å². The molecule has 1 atom stereocenters. The molecule has 5 heterocycles. The molecule has 0 saturated carbocycles. The van der Waals surface area contributed by atoms with Crippen LogP contribution in [-0.4, -0.2) is 131 Å². The van der Waals surface area contributed by atoms with Crippen LogP contribution in [0.4, 0.5) is 10.5 Å². The standard InChI is InChI=1S/C30H36ClN7O6S.2C2H4O2/c1-20-33-26(19-35(20)3)45(41,42)38-25-8-7-21(31)18-24(25)30(28(38)39,23-6-5-11-32-27(23)43-4)44-29(40)37-16-14-36(15-17-37)22-9-12-34(2)13-10-22;2*1-2(3)4/h5-8,11,18-19,22H,9-10,12-17H2,1-4H3;2*1H3,(H,3,4). The third kappa shape index (κ3) is 8.89. The van der Waals surface area contributed by atoms with Crippen molar-refractivity contribution in [3.8, 4) is 5.88 Å². The average molecular weight is 778 g/mol. The number of anilines is 1. The molecule has 3 aliphatic rings. The Balaban J connectivity index is 0.000000714. The van der Waals surface area contributed by atoms with Crippen molar-refractivity contribution in [3.05, 3.63) is 64.7 Å². The number of carbonyl (C=O) groups is 4. The Bertz CT molecular complexity index is 1900. The number of pyridine rings is 1. The summed E-state index contributed by atoms with van der Waals surface area (Å²) in [6.07, 6.45) is 4.15. The van der Waals surface area contributed by atoms with E-state index in [1.807, 2.05) is 0 Å². The summed E-state index contributed by atoms with van der Waals surface area (Å²) in [6.45, 7) is 7.96. The van der Waals surface area contributed by atoms with Crippen molar-refractivity contribution in [2.75, 3.05) is 57.7 Å². The lowest BCUT2D eigenvalue weighted by Gasteiger charge is -2.42. The summed E-state index contributed by atoms with van der Waals surface area (Å²) in [5, 5.41) is 14.7. The van der Waals surface area contributed by atoms with Gasteiger partial charge in [0.15, 0.2) is 5.03 Å². The zero-order valence-corrected chi connectivity index (χ0v) is 31.9. The maximum Gasteiger partial charge on any atom is 0.411 e. The number of likely N-dealkylation sites (tertiary alicyclic amines) is 1. The van der Waals surface area contributed by atoms with Crippen molar-refractivity contribution in [3.63, 3.8) is 0 Å². The number of fused-ring (bicyclic) bond motifs is 1. The first kappa shape index (κ1) is 41.0. The van der Waals surface area contributed by atoms with Gasteiger partial charge in [0.1, 0.15) is 5.82 Å². The lowest BCUT2D eigenvalue weighted by molar-refractivity contribution is -0.135. The summed E-state index contributed by atoms with van der Waals surface area (Å²) in [4.78, 5) is 61.5. The third-order valence-corrected chi connectivity index (χ3v) is 10.8. The minimum absolute atomic E-state index is 0.00964. The zero-order chi connectivity index (χ0) is 39.2. The van der Waals surface area contributed by atoms with Gasteiger partial charge < -0.3 is 34.1 Å². The number of methoxy groups -OCH3 is 1. The van der Waals surface area contributed by atoms with Gasteiger partial charge in [0.05, 0.1) is 18.4 Å². The molecule has 3 aromatic rings. The number of hydrogen-bond donors (Lipinski definition) is 2. The number of sulfonamides is 1. The molecule has 2 aromatic heterocycles. The normalized spacial score (nSPS) is 19.3. The molecule has 1 unspecified atom stereocenters. The summed E-state index contributed by atoms with van der Waals surface area (Å²) in [5.74, 6) is -2.28. The quantitative estimate of drug-likeness (QED) is 0.370. The number of nitrogens with zero attached hydrogens (tertiary/aromatic N) is 7. The summed E-state index contributed by atoms with van der Waals surface area (Å²) >= 11 is 6.45. The molecular weight excluding hydrogens is 734 g/mol. The van der Waals surface area contributed by atoms with E-state index in [0.29, 0.717) is 42.4 Å². The first-order valence-corrected chi connectivity index (χ1v) is 18.4. The summed E-state index contributed by atoms with van der Waals surface area (Å²) in [6, 6.07) is 7.86. The smallest absolute Gasteiger partial charge is 0.411 e. The number of rotatable bonds is 6. The van der Waals surface area contributed by atoms with Crippen LogP contribution in [0, 0.1) is 6.92 Å². The van der Waals surface area contributed by atoms with Gasteiger partial charge in [-0.25, -0.2) is 14.8 Å². The van der Waals surface area contributed by atoms with Gasteiger partial charge in [0.2, 0.25) is 5.88 Å². The van der Waals surface area contributed by atoms with E-state index < -0.39 is 39.6 Å². The molecule has 17 nitrogen and oxygen atoms in total. The highest BCUT2D eigenvalue weighted by molar-refractivity contribution is 7.93. The van der Waals surface area contributed by atoms with Gasteiger partial charge in [-0.15, -0.1) is 0 Å². The SMILES string of the molecule is CC(=O)O.CC(=O)O.COc1ncccc1C1(OC(=O)N2CCN(C3CCN(C)CC3)CC2)C(=O)N(S(=O)(=O)c2cn(C)c(C)n2)c2ccc(Cl)cc21. The van der Waals surface area contributed by atoms with Gasteiger partial charge in [-0.3, -0.25) is 19.3 Å². The number of piperidine rings is 1. The van der Waals surface area contributed by atoms with Crippen LogP contribution in [0.15, 0.2) is 47.8 Å². The second-order valence-corrected chi connectivity index (χ2v) is 14.8. The monoisotopic (exact) mass is 777 g/mol. The Morgan fingerprint density at radius 3 is 2.11 bits per heavy atom. The predicted octanol–water partition coefficient (Wildman–Crippen LogP) is 2.79. The van der Waals surface area contributed by atoms with Crippen LogP contribution in [0.5, 0.6) is 5.88 Å². The third-order valence-electron chi connectivity index (χ3n) is 8.99. The van der Waals surface area contributed by atoms with Crippen LogP contribution in [0.25, 0.3) is 0 Å². The van der Waals surface area contributed by atoms with E-state index in [9.17, 15) is 18.0 Å². The van der Waals surface area contributed by atoms with E-state index in [2.05, 4.69) is 26.8 Å². The Hall–Kier alpha value is -4.78. The molecule has 1 aromatic carbocycles. The van der Waals surface area contributed by atoms with Crippen LogP contribution in [-0.2, 0) is 41.8 Å². The van der Waals surface area contributed by atoms with Crippen molar-refractivity contribution in [1.82, 2.24) is 29.2 Å². The number of benzene rings is 1. The first-order chi connectivity index (χ1) is 24.9. The van der Waals surface area contributed by atoms with E-state index in [4.69, 9.17) is 40.9 Å². The Labute approximate surface area is 312 Å². The predicted molar refractivity (Wildman–Crippen MR) is 192 cm³/mol. The number of carboxylic acids is 2. The summed E-state index contributed by atoms with van der Waals surface area (Å²) in [5.41, 5.74) is -2.16. The number of aryl methyl sites for hydroxylation is 2. The van der Waals surface area contributed by atoms with Crippen molar-refractivity contribution < 1.29 is 47.3 Å².